The van der Waals surface area contributed by atoms with E-state index in [0.29, 0.717) is 6.61 Å². The van der Waals surface area contributed by atoms with Crippen molar-refractivity contribution in [2.24, 2.45) is 0 Å². The molecular weight excluding hydrogens is 239 g/mol. The highest BCUT2D eigenvalue weighted by atomic mass is 19.1. The quantitative estimate of drug-likeness (QED) is 0.903. The van der Waals surface area contributed by atoms with Crippen LogP contribution < -0.4 is 9.64 Å². The molecular formula is C12H17FN2O3. The molecule has 0 aliphatic rings. The molecule has 0 aliphatic heterocycles. The Labute approximate surface area is 105 Å². The lowest BCUT2D eigenvalue weighted by atomic mass is 10.1. The molecule has 0 bridgehead atoms. The van der Waals surface area contributed by atoms with Crippen LogP contribution in [0.3, 0.4) is 0 Å². The summed E-state index contributed by atoms with van der Waals surface area (Å²) in [7, 11) is 0. The van der Waals surface area contributed by atoms with E-state index in [9.17, 15) is 14.3 Å². The van der Waals surface area contributed by atoms with Gasteiger partial charge in [0.05, 0.1) is 18.5 Å². The van der Waals surface area contributed by atoms with Crippen molar-refractivity contribution in [3.8, 4) is 5.88 Å². The molecule has 0 radical (unpaired) electrons. The van der Waals surface area contributed by atoms with E-state index in [1.165, 1.54) is 6.20 Å². The molecule has 0 aromatic carbocycles. The Balaban J connectivity index is 3.16. The van der Waals surface area contributed by atoms with E-state index in [1.807, 2.05) is 0 Å². The summed E-state index contributed by atoms with van der Waals surface area (Å²) >= 11 is 0. The standard InChI is InChI=1S/C12H17FN2O3/c1-5-18-10-9(13)6-8(7-14-10)15(11(16)17)12(2,3)4/h6-7H,5H2,1-4H3,(H,16,17). The Kier molecular flexibility index (Phi) is 4.11. The average Bonchev–Trinajstić information content (AvgIpc) is 2.19. The van der Waals surface area contributed by atoms with Gasteiger partial charge in [0.2, 0.25) is 5.88 Å². The zero-order chi connectivity index (χ0) is 13.9. The van der Waals surface area contributed by atoms with Crippen LogP contribution in [0, 0.1) is 5.82 Å². The maximum Gasteiger partial charge on any atom is 0.412 e. The van der Waals surface area contributed by atoms with Crippen molar-refractivity contribution >= 4 is 11.8 Å². The number of anilines is 1. The van der Waals surface area contributed by atoms with Gasteiger partial charge in [0.25, 0.3) is 0 Å². The average molecular weight is 256 g/mol. The summed E-state index contributed by atoms with van der Waals surface area (Å²) in [6, 6.07) is 1.11. The lowest BCUT2D eigenvalue weighted by Gasteiger charge is -2.32. The highest BCUT2D eigenvalue weighted by Gasteiger charge is 2.28. The number of carboxylic acid groups (broad SMARTS) is 1. The molecule has 1 aromatic rings. The molecule has 0 saturated heterocycles. The predicted octanol–water partition coefficient (Wildman–Crippen LogP) is 2.90. The second-order valence-corrected chi connectivity index (χ2v) is 4.70. The number of rotatable bonds is 3. The van der Waals surface area contributed by atoms with E-state index >= 15 is 0 Å². The molecule has 0 aliphatic carbocycles. The normalized spacial score (nSPS) is 11.2. The Hall–Kier alpha value is -1.85. The summed E-state index contributed by atoms with van der Waals surface area (Å²) in [5.41, 5.74) is -0.511. The SMILES string of the molecule is CCOc1ncc(N(C(=O)O)C(C)(C)C)cc1F. The second kappa shape index (κ2) is 5.20. The van der Waals surface area contributed by atoms with E-state index in [4.69, 9.17) is 4.74 Å². The molecule has 5 nitrogen and oxygen atoms in total. The minimum atomic E-state index is -1.16. The smallest absolute Gasteiger partial charge is 0.412 e. The maximum atomic E-state index is 13.6. The second-order valence-electron chi connectivity index (χ2n) is 4.70. The van der Waals surface area contributed by atoms with E-state index in [-0.39, 0.29) is 11.6 Å². The molecule has 0 unspecified atom stereocenters. The minimum Gasteiger partial charge on any atom is -0.476 e. The highest BCUT2D eigenvalue weighted by molar-refractivity contribution is 5.87. The number of pyridine rings is 1. The van der Waals surface area contributed by atoms with Gasteiger partial charge >= 0.3 is 6.09 Å². The summed E-state index contributed by atoms with van der Waals surface area (Å²) in [4.78, 5) is 16.0. The maximum absolute atomic E-state index is 13.6. The molecule has 1 heterocycles. The van der Waals surface area contributed by atoms with Crippen LogP contribution in [-0.4, -0.2) is 28.3 Å². The Bertz CT molecular complexity index is 443. The largest absolute Gasteiger partial charge is 0.476 e. The summed E-state index contributed by atoms with van der Waals surface area (Å²) in [6.45, 7) is 7.17. The topological polar surface area (TPSA) is 62.7 Å². The molecule has 18 heavy (non-hydrogen) atoms. The van der Waals surface area contributed by atoms with Crippen molar-refractivity contribution in [2.75, 3.05) is 11.5 Å². The van der Waals surface area contributed by atoms with Gasteiger partial charge in [-0.25, -0.2) is 14.2 Å². The Morgan fingerprint density at radius 3 is 2.56 bits per heavy atom. The van der Waals surface area contributed by atoms with Gasteiger partial charge in [-0.2, -0.15) is 0 Å². The molecule has 1 N–H and O–H groups in total. The number of nitrogens with zero attached hydrogens (tertiary/aromatic N) is 2. The van der Waals surface area contributed by atoms with Crippen molar-refractivity contribution in [1.29, 1.82) is 0 Å². The number of aromatic nitrogens is 1. The molecule has 1 rings (SSSR count). The van der Waals surface area contributed by atoms with E-state index in [0.717, 1.165) is 11.0 Å². The third-order valence-electron chi connectivity index (χ3n) is 2.19. The van der Waals surface area contributed by atoms with Gasteiger partial charge in [-0.3, -0.25) is 4.90 Å². The molecule has 0 fully saturated rings. The fourth-order valence-corrected chi connectivity index (χ4v) is 1.57. The van der Waals surface area contributed by atoms with Crippen molar-refractivity contribution in [3.63, 3.8) is 0 Å². The number of halogens is 1. The van der Waals surface area contributed by atoms with Crippen molar-refractivity contribution < 1.29 is 19.0 Å². The minimum absolute atomic E-state index is 0.125. The van der Waals surface area contributed by atoms with Gasteiger partial charge in [-0.15, -0.1) is 0 Å². The summed E-state index contributed by atoms with van der Waals surface area (Å²) < 4.78 is 18.6. The molecule has 100 valence electrons. The van der Waals surface area contributed by atoms with Crippen LogP contribution in [0.2, 0.25) is 0 Å². The van der Waals surface area contributed by atoms with Crippen LogP contribution in [-0.2, 0) is 0 Å². The molecule has 0 atom stereocenters. The Morgan fingerprint density at radius 2 is 2.17 bits per heavy atom. The van der Waals surface area contributed by atoms with Crippen molar-refractivity contribution in [3.05, 3.63) is 18.1 Å². The Morgan fingerprint density at radius 1 is 1.56 bits per heavy atom. The van der Waals surface area contributed by atoms with Gasteiger partial charge in [0.1, 0.15) is 0 Å². The number of carbonyl (C=O) groups is 1. The summed E-state index contributed by atoms with van der Waals surface area (Å²) in [5, 5.41) is 9.17. The van der Waals surface area contributed by atoms with Crippen LogP contribution in [0.4, 0.5) is 14.9 Å². The number of hydrogen-bond acceptors (Lipinski definition) is 3. The molecule has 0 spiro atoms. The first-order valence-electron chi connectivity index (χ1n) is 5.59. The van der Waals surface area contributed by atoms with Crippen LogP contribution >= 0.6 is 0 Å². The van der Waals surface area contributed by atoms with Gasteiger partial charge in [-0.1, -0.05) is 0 Å². The van der Waals surface area contributed by atoms with Crippen molar-refractivity contribution in [1.82, 2.24) is 4.98 Å². The molecule has 6 heteroatoms. The number of hydrogen-bond donors (Lipinski definition) is 1. The van der Waals surface area contributed by atoms with Crippen LogP contribution in [0.25, 0.3) is 0 Å². The molecule has 1 amide bonds. The third kappa shape index (κ3) is 3.09. The van der Waals surface area contributed by atoms with E-state index in [1.54, 1.807) is 27.7 Å². The lowest BCUT2D eigenvalue weighted by Crippen LogP contribution is -2.45. The highest BCUT2D eigenvalue weighted by Crippen LogP contribution is 2.26. The van der Waals surface area contributed by atoms with Gasteiger partial charge < -0.3 is 9.84 Å². The lowest BCUT2D eigenvalue weighted by molar-refractivity contribution is 0.195. The van der Waals surface area contributed by atoms with Gasteiger partial charge in [0, 0.05) is 11.6 Å². The predicted molar refractivity (Wildman–Crippen MR) is 65.6 cm³/mol. The number of ether oxygens (including phenoxy) is 1. The monoisotopic (exact) mass is 256 g/mol. The molecule has 0 saturated carbocycles. The first-order valence-corrected chi connectivity index (χ1v) is 5.59. The van der Waals surface area contributed by atoms with Gasteiger partial charge in [0.15, 0.2) is 5.82 Å². The first kappa shape index (κ1) is 14.2. The van der Waals surface area contributed by atoms with Crippen LogP contribution in [0.5, 0.6) is 5.88 Å². The van der Waals surface area contributed by atoms with Crippen LogP contribution in [0.1, 0.15) is 27.7 Å². The zero-order valence-electron chi connectivity index (χ0n) is 10.9. The van der Waals surface area contributed by atoms with E-state index < -0.39 is 17.4 Å². The van der Waals surface area contributed by atoms with Gasteiger partial charge in [-0.05, 0) is 27.7 Å². The fourth-order valence-electron chi connectivity index (χ4n) is 1.57. The molecule has 1 aromatic heterocycles. The number of amides is 1. The van der Waals surface area contributed by atoms with E-state index in [2.05, 4.69) is 4.98 Å². The third-order valence-corrected chi connectivity index (χ3v) is 2.19. The fraction of sp³-hybridized carbons (Fsp3) is 0.500. The summed E-state index contributed by atoms with van der Waals surface area (Å²) in [6.07, 6.45) is 0.126. The zero-order valence-corrected chi connectivity index (χ0v) is 10.9. The van der Waals surface area contributed by atoms with Crippen LogP contribution in [0.15, 0.2) is 12.3 Å². The summed E-state index contributed by atoms with van der Waals surface area (Å²) in [5.74, 6) is -0.801. The van der Waals surface area contributed by atoms with Crippen molar-refractivity contribution in [2.45, 2.75) is 33.2 Å². The first-order chi connectivity index (χ1) is 8.27.